The zero-order valence-electron chi connectivity index (χ0n) is 10.2. The van der Waals surface area contributed by atoms with Crippen molar-refractivity contribution in [1.82, 2.24) is 5.32 Å². The molecule has 0 aromatic heterocycles. The summed E-state index contributed by atoms with van der Waals surface area (Å²) in [5.74, 6) is -0.0998. The minimum atomic E-state index is -0.552. The van der Waals surface area contributed by atoms with Gasteiger partial charge in [-0.25, -0.2) is 4.39 Å². The van der Waals surface area contributed by atoms with Gasteiger partial charge < -0.3 is 11.1 Å². The molecule has 4 heteroatoms. The normalized spacial score (nSPS) is 20.5. The van der Waals surface area contributed by atoms with Crippen molar-refractivity contribution in [3.8, 4) is 0 Å². The van der Waals surface area contributed by atoms with Gasteiger partial charge in [0.15, 0.2) is 0 Å². The lowest BCUT2D eigenvalue weighted by Crippen LogP contribution is -2.31. The molecule has 3 nitrogen and oxygen atoms in total. The number of nitrogen functional groups attached to an aromatic ring is 1. The van der Waals surface area contributed by atoms with Gasteiger partial charge in [0.05, 0.1) is 5.56 Å². The highest BCUT2D eigenvalue weighted by atomic mass is 19.1. The third kappa shape index (κ3) is 2.07. The first-order valence-electron chi connectivity index (χ1n) is 6.44. The molecular weight excluding hydrogens is 231 g/mol. The van der Waals surface area contributed by atoms with Crippen LogP contribution in [0.1, 0.15) is 36.0 Å². The summed E-state index contributed by atoms with van der Waals surface area (Å²) >= 11 is 0. The topological polar surface area (TPSA) is 55.1 Å². The van der Waals surface area contributed by atoms with Crippen LogP contribution >= 0.6 is 0 Å². The van der Waals surface area contributed by atoms with E-state index in [0.29, 0.717) is 17.6 Å². The van der Waals surface area contributed by atoms with Gasteiger partial charge in [-0.05, 0) is 55.2 Å². The molecule has 2 aliphatic rings. The van der Waals surface area contributed by atoms with E-state index in [-0.39, 0.29) is 11.5 Å². The maximum absolute atomic E-state index is 13.6. The molecule has 3 rings (SSSR count). The van der Waals surface area contributed by atoms with Crippen LogP contribution in [0.4, 0.5) is 10.1 Å². The highest BCUT2D eigenvalue weighted by molar-refractivity contribution is 5.94. The minimum absolute atomic E-state index is 0.0794. The lowest BCUT2D eigenvalue weighted by Gasteiger charge is -2.15. The van der Waals surface area contributed by atoms with E-state index in [1.807, 2.05) is 0 Å². The Morgan fingerprint density at radius 1 is 1.44 bits per heavy atom. The molecule has 0 radical (unpaired) electrons. The van der Waals surface area contributed by atoms with Crippen LogP contribution in [0.25, 0.3) is 0 Å². The zero-order chi connectivity index (χ0) is 12.8. The molecule has 0 heterocycles. The fraction of sp³-hybridized carbons (Fsp3) is 0.500. The lowest BCUT2D eigenvalue weighted by molar-refractivity contribution is 0.0938. The van der Waals surface area contributed by atoms with Crippen molar-refractivity contribution in [3.05, 3.63) is 29.6 Å². The van der Waals surface area contributed by atoms with E-state index >= 15 is 0 Å². The summed E-state index contributed by atoms with van der Waals surface area (Å²) in [7, 11) is 0. The molecule has 18 heavy (non-hydrogen) atoms. The molecule has 96 valence electrons. The van der Waals surface area contributed by atoms with E-state index in [0.717, 1.165) is 5.92 Å². The summed E-state index contributed by atoms with van der Waals surface area (Å²) in [6.07, 6.45) is 4.96. The Balaban J connectivity index is 1.64. The van der Waals surface area contributed by atoms with Gasteiger partial charge in [0.1, 0.15) is 5.82 Å². The number of hydrogen-bond acceptors (Lipinski definition) is 2. The van der Waals surface area contributed by atoms with Crippen LogP contribution < -0.4 is 11.1 Å². The van der Waals surface area contributed by atoms with Crippen molar-refractivity contribution in [3.63, 3.8) is 0 Å². The first kappa shape index (κ1) is 11.5. The van der Waals surface area contributed by atoms with E-state index in [9.17, 15) is 9.18 Å². The van der Waals surface area contributed by atoms with Crippen LogP contribution in [0.5, 0.6) is 0 Å². The van der Waals surface area contributed by atoms with Crippen molar-refractivity contribution in [2.24, 2.45) is 11.3 Å². The second-order valence-electron chi connectivity index (χ2n) is 5.56. The Kier molecular flexibility index (Phi) is 2.54. The number of carbonyl (C=O) groups excluding carboxylic acids is 1. The number of nitrogens with two attached hydrogens (primary N) is 1. The number of carbonyl (C=O) groups is 1. The average molecular weight is 248 g/mol. The molecule has 1 aromatic carbocycles. The van der Waals surface area contributed by atoms with Gasteiger partial charge in [-0.1, -0.05) is 0 Å². The molecular formula is C14H17FN2O. The number of halogens is 1. The largest absolute Gasteiger partial charge is 0.399 e. The fourth-order valence-electron chi connectivity index (χ4n) is 2.65. The van der Waals surface area contributed by atoms with Gasteiger partial charge in [-0.15, -0.1) is 0 Å². The molecule has 0 atom stereocenters. The van der Waals surface area contributed by atoms with Crippen molar-refractivity contribution in [1.29, 1.82) is 0 Å². The third-order valence-corrected chi connectivity index (χ3v) is 4.17. The van der Waals surface area contributed by atoms with Crippen LogP contribution in [-0.2, 0) is 0 Å². The van der Waals surface area contributed by atoms with E-state index in [2.05, 4.69) is 5.32 Å². The molecule has 1 amide bonds. The number of nitrogens with one attached hydrogen (secondary N) is 1. The second-order valence-corrected chi connectivity index (χ2v) is 5.56. The van der Waals surface area contributed by atoms with Crippen LogP contribution in [-0.4, -0.2) is 12.5 Å². The molecule has 2 saturated carbocycles. The Morgan fingerprint density at radius 3 is 2.72 bits per heavy atom. The summed E-state index contributed by atoms with van der Waals surface area (Å²) in [6, 6.07) is 4.17. The third-order valence-electron chi connectivity index (χ3n) is 4.17. The van der Waals surface area contributed by atoms with Gasteiger partial charge in [-0.2, -0.15) is 0 Å². The highest BCUT2D eigenvalue weighted by Gasteiger charge is 2.53. The molecule has 0 bridgehead atoms. The molecule has 0 spiro atoms. The number of anilines is 1. The summed E-state index contributed by atoms with van der Waals surface area (Å²) in [5.41, 5.74) is 6.20. The van der Waals surface area contributed by atoms with Crippen molar-refractivity contribution in [2.75, 3.05) is 12.3 Å². The number of rotatable bonds is 4. The van der Waals surface area contributed by atoms with Crippen LogP contribution in [0.15, 0.2) is 18.2 Å². The monoisotopic (exact) mass is 248 g/mol. The SMILES string of the molecule is Nc1ccc(C(=O)NCC2(C3CC3)CC2)c(F)c1. The van der Waals surface area contributed by atoms with Crippen molar-refractivity contribution >= 4 is 11.6 Å². The molecule has 0 aliphatic heterocycles. The van der Waals surface area contributed by atoms with E-state index in [4.69, 9.17) is 5.73 Å². The van der Waals surface area contributed by atoms with Crippen LogP contribution in [0.2, 0.25) is 0 Å². The lowest BCUT2D eigenvalue weighted by atomic mass is 10.0. The molecule has 2 aliphatic carbocycles. The quantitative estimate of drug-likeness (QED) is 0.803. The Hall–Kier alpha value is -1.58. The molecule has 2 fully saturated rings. The van der Waals surface area contributed by atoms with E-state index in [1.54, 1.807) is 6.07 Å². The Morgan fingerprint density at radius 2 is 2.17 bits per heavy atom. The van der Waals surface area contributed by atoms with Crippen LogP contribution in [0.3, 0.4) is 0 Å². The van der Waals surface area contributed by atoms with Gasteiger partial charge in [-0.3, -0.25) is 4.79 Å². The predicted molar refractivity (Wildman–Crippen MR) is 67.5 cm³/mol. The van der Waals surface area contributed by atoms with E-state index in [1.165, 1.54) is 37.8 Å². The maximum Gasteiger partial charge on any atom is 0.254 e. The summed E-state index contributed by atoms with van der Waals surface area (Å²) in [5, 5.41) is 2.86. The van der Waals surface area contributed by atoms with Gasteiger partial charge in [0.2, 0.25) is 0 Å². The minimum Gasteiger partial charge on any atom is -0.399 e. The maximum atomic E-state index is 13.6. The second kappa shape index (κ2) is 3.97. The van der Waals surface area contributed by atoms with Gasteiger partial charge >= 0.3 is 0 Å². The molecule has 0 unspecified atom stereocenters. The average Bonchev–Trinajstić information content (AvgIpc) is 3.17. The number of amides is 1. The first-order valence-corrected chi connectivity index (χ1v) is 6.44. The smallest absolute Gasteiger partial charge is 0.254 e. The summed E-state index contributed by atoms with van der Waals surface area (Å²) in [6.45, 7) is 0.681. The standard InChI is InChI=1S/C14H17FN2O/c15-12-7-10(16)3-4-11(12)13(18)17-8-14(5-6-14)9-1-2-9/h3-4,7,9H,1-2,5-6,8,16H2,(H,17,18). The van der Waals surface area contributed by atoms with E-state index < -0.39 is 5.82 Å². The van der Waals surface area contributed by atoms with Gasteiger partial charge in [0.25, 0.3) is 5.91 Å². The van der Waals surface area contributed by atoms with Crippen molar-refractivity contribution in [2.45, 2.75) is 25.7 Å². The first-order chi connectivity index (χ1) is 8.61. The highest BCUT2D eigenvalue weighted by Crippen LogP contribution is 2.60. The molecule has 3 N–H and O–H groups in total. The fourth-order valence-corrected chi connectivity index (χ4v) is 2.65. The molecule has 1 aromatic rings. The summed E-state index contributed by atoms with van der Waals surface area (Å²) < 4.78 is 13.6. The number of hydrogen-bond donors (Lipinski definition) is 2. The summed E-state index contributed by atoms with van der Waals surface area (Å²) in [4.78, 5) is 11.9. The number of benzene rings is 1. The molecule has 0 saturated heterocycles. The van der Waals surface area contributed by atoms with Gasteiger partial charge in [0, 0.05) is 12.2 Å². The van der Waals surface area contributed by atoms with Crippen LogP contribution in [0, 0.1) is 17.2 Å². The zero-order valence-corrected chi connectivity index (χ0v) is 10.2. The predicted octanol–water partition coefficient (Wildman–Crippen LogP) is 2.33. The Bertz CT molecular complexity index is 493. The van der Waals surface area contributed by atoms with Crippen molar-refractivity contribution < 1.29 is 9.18 Å². The Labute approximate surface area is 106 Å².